The second kappa shape index (κ2) is 12.5. The lowest BCUT2D eigenvalue weighted by atomic mass is 9.95. The number of furan rings is 1. The summed E-state index contributed by atoms with van der Waals surface area (Å²) in [4.78, 5) is 44.7. The third-order valence-electron chi connectivity index (χ3n) is 6.77. The maximum absolute atomic E-state index is 12.9. The van der Waals surface area contributed by atoms with Crippen LogP contribution in [-0.4, -0.2) is 65.5 Å². The topological polar surface area (TPSA) is 125 Å². The number of thiophene rings is 1. The van der Waals surface area contributed by atoms with Crippen LogP contribution in [-0.2, 0) is 9.59 Å². The number of likely N-dealkylation sites (tertiary alicyclic amines) is 1. The van der Waals surface area contributed by atoms with Gasteiger partial charge in [-0.05, 0) is 42.8 Å². The van der Waals surface area contributed by atoms with Gasteiger partial charge in [0.15, 0.2) is 5.76 Å². The van der Waals surface area contributed by atoms with E-state index < -0.39 is 0 Å². The molecule has 0 unspecified atom stereocenters. The van der Waals surface area contributed by atoms with Crippen LogP contribution in [0.1, 0.15) is 35.4 Å². The van der Waals surface area contributed by atoms with E-state index in [2.05, 4.69) is 10.6 Å². The first kappa shape index (κ1) is 27.0. The Labute approximate surface area is 233 Å². The Bertz CT molecular complexity index is 1420. The minimum absolute atomic E-state index is 0.0381. The van der Waals surface area contributed by atoms with Crippen LogP contribution in [0, 0.1) is 5.92 Å². The van der Waals surface area contributed by atoms with Crippen molar-refractivity contribution in [3.8, 4) is 22.0 Å². The third kappa shape index (κ3) is 6.38. The average Bonchev–Trinajstić information content (AvgIpc) is 3.73. The lowest BCUT2D eigenvalue weighted by Crippen LogP contribution is -2.43. The standard InChI is InChI=1S/C28H30N4O5S2/c33-14-11-30-26(35)18-7-12-32(13-8-18)24(34)6-3-10-29-27(36)25-20(9-15-38-25)28-31-21(17-39-28)23-16-19-4-1-2-5-22(19)37-23/h1-2,4-5,9,15-18,33H,3,6-8,10-14H2,(H,29,36)(H,30,35). The van der Waals surface area contributed by atoms with Crippen LogP contribution in [0.15, 0.2) is 51.6 Å². The summed E-state index contributed by atoms with van der Waals surface area (Å²) in [7, 11) is 0. The third-order valence-corrected chi connectivity index (χ3v) is 8.56. The zero-order valence-electron chi connectivity index (χ0n) is 21.4. The van der Waals surface area contributed by atoms with Gasteiger partial charge in [-0.2, -0.15) is 0 Å². The van der Waals surface area contributed by atoms with Crippen molar-refractivity contribution in [1.82, 2.24) is 20.5 Å². The summed E-state index contributed by atoms with van der Waals surface area (Å²) in [6, 6.07) is 11.7. The van der Waals surface area contributed by atoms with Gasteiger partial charge in [0, 0.05) is 54.8 Å². The van der Waals surface area contributed by atoms with Crippen LogP contribution in [0.4, 0.5) is 0 Å². The van der Waals surface area contributed by atoms with Crippen molar-refractivity contribution < 1.29 is 23.9 Å². The molecule has 3 aromatic heterocycles. The summed E-state index contributed by atoms with van der Waals surface area (Å²) in [5.74, 6) is 0.375. The molecule has 9 nitrogen and oxygen atoms in total. The summed E-state index contributed by atoms with van der Waals surface area (Å²) in [6.45, 7) is 1.66. The fraction of sp³-hybridized carbons (Fsp3) is 0.357. The molecule has 1 aliphatic rings. The number of carbonyl (C=O) groups excluding carboxylic acids is 3. The molecular formula is C28H30N4O5S2. The normalized spacial score (nSPS) is 14.0. The number of aliphatic hydroxyl groups is 1. The number of piperidine rings is 1. The molecule has 204 valence electrons. The fourth-order valence-corrected chi connectivity index (χ4v) is 6.38. The Kier molecular flexibility index (Phi) is 8.70. The van der Waals surface area contributed by atoms with Crippen LogP contribution in [0.2, 0.25) is 0 Å². The van der Waals surface area contributed by atoms with Gasteiger partial charge < -0.3 is 25.1 Å². The molecule has 0 bridgehead atoms. The van der Waals surface area contributed by atoms with Crippen LogP contribution >= 0.6 is 22.7 Å². The monoisotopic (exact) mass is 566 g/mol. The number of hydrogen-bond donors (Lipinski definition) is 3. The first-order valence-corrected chi connectivity index (χ1v) is 14.8. The van der Waals surface area contributed by atoms with Crippen LogP contribution in [0.25, 0.3) is 33.0 Å². The molecule has 0 atom stereocenters. The van der Waals surface area contributed by atoms with Crippen molar-refractivity contribution in [3.05, 3.63) is 52.0 Å². The Morgan fingerprint density at radius 1 is 1.08 bits per heavy atom. The highest BCUT2D eigenvalue weighted by molar-refractivity contribution is 7.15. The predicted octanol–water partition coefficient (Wildman–Crippen LogP) is 4.14. The Balaban J connectivity index is 1.09. The molecule has 1 aromatic carbocycles. The van der Waals surface area contributed by atoms with E-state index in [4.69, 9.17) is 14.5 Å². The number of amides is 3. The smallest absolute Gasteiger partial charge is 0.262 e. The minimum Gasteiger partial charge on any atom is -0.454 e. The maximum Gasteiger partial charge on any atom is 0.262 e. The number of carbonyl (C=O) groups is 3. The van der Waals surface area contributed by atoms with Gasteiger partial charge in [-0.3, -0.25) is 14.4 Å². The number of hydrogen-bond acceptors (Lipinski definition) is 8. The molecule has 1 fully saturated rings. The Hall–Kier alpha value is -3.54. The number of aliphatic hydroxyl groups excluding tert-OH is 1. The highest BCUT2D eigenvalue weighted by Crippen LogP contribution is 2.35. The second-order valence-electron chi connectivity index (χ2n) is 9.38. The fourth-order valence-electron chi connectivity index (χ4n) is 4.67. The van der Waals surface area contributed by atoms with Gasteiger partial charge in [-0.15, -0.1) is 22.7 Å². The summed E-state index contributed by atoms with van der Waals surface area (Å²) < 4.78 is 5.93. The highest BCUT2D eigenvalue weighted by atomic mass is 32.1. The van der Waals surface area contributed by atoms with E-state index in [1.165, 1.54) is 22.7 Å². The molecule has 39 heavy (non-hydrogen) atoms. The molecule has 0 aliphatic carbocycles. The number of fused-ring (bicyclic) bond motifs is 1. The van der Waals surface area contributed by atoms with Crippen molar-refractivity contribution in [2.45, 2.75) is 25.7 Å². The predicted molar refractivity (Wildman–Crippen MR) is 152 cm³/mol. The van der Waals surface area contributed by atoms with Crippen molar-refractivity contribution in [3.63, 3.8) is 0 Å². The van der Waals surface area contributed by atoms with Gasteiger partial charge in [-0.1, -0.05) is 18.2 Å². The number of nitrogens with one attached hydrogen (secondary N) is 2. The summed E-state index contributed by atoms with van der Waals surface area (Å²) in [5.41, 5.74) is 2.33. The van der Waals surface area contributed by atoms with E-state index in [1.807, 2.05) is 47.2 Å². The molecule has 1 aliphatic heterocycles. The molecule has 0 spiro atoms. The number of aromatic nitrogens is 1. The maximum atomic E-state index is 12.9. The van der Waals surface area contributed by atoms with Gasteiger partial charge in [0.25, 0.3) is 5.91 Å². The van der Waals surface area contributed by atoms with E-state index in [9.17, 15) is 14.4 Å². The molecule has 5 rings (SSSR count). The minimum atomic E-state index is -0.178. The number of thiazole rings is 1. The van der Waals surface area contributed by atoms with Crippen molar-refractivity contribution in [2.24, 2.45) is 5.92 Å². The van der Waals surface area contributed by atoms with Gasteiger partial charge in [0.1, 0.15) is 21.2 Å². The number of rotatable bonds is 10. The number of benzene rings is 1. The number of para-hydroxylation sites is 1. The number of nitrogens with zero attached hydrogens (tertiary/aromatic N) is 2. The first-order valence-electron chi connectivity index (χ1n) is 13.0. The molecule has 4 aromatic rings. The molecule has 3 amide bonds. The molecule has 1 saturated heterocycles. The van der Waals surface area contributed by atoms with E-state index in [1.54, 1.807) is 4.90 Å². The summed E-state index contributed by atoms with van der Waals surface area (Å²) >= 11 is 2.83. The van der Waals surface area contributed by atoms with E-state index in [-0.39, 0.29) is 36.8 Å². The summed E-state index contributed by atoms with van der Waals surface area (Å²) in [6.07, 6.45) is 2.12. The largest absolute Gasteiger partial charge is 0.454 e. The average molecular weight is 567 g/mol. The SMILES string of the molecule is O=C(NCCCC(=O)N1CCC(C(=O)NCCO)CC1)c1sccc1-c1nc(-c2cc3ccccc3o2)cs1. The van der Waals surface area contributed by atoms with Gasteiger partial charge >= 0.3 is 0 Å². The summed E-state index contributed by atoms with van der Waals surface area (Å²) in [5, 5.41) is 20.1. The molecule has 0 saturated carbocycles. The van der Waals surface area contributed by atoms with Crippen molar-refractivity contribution in [2.75, 3.05) is 32.8 Å². The first-order chi connectivity index (χ1) is 19.0. The highest BCUT2D eigenvalue weighted by Gasteiger charge is 2.27. The lowest BCUT2D eigenvalue weighted by Gasteiger charge is -2.31. The van der Waals surface area contributed by atoms with Gasteiger partial charge in [-0.25, -0.2) is 4.98 Å². The lowest BCUT2D eigenvalue weighted by molar-refractivity contribution is -0.135. The zero-order chi connectivity index (χ0) is 27.2. The second-order valence-corrected chi connectivity index (χ2v) is 11.2. The van der Waals surface area contributed by atoms with E-state index >= 15 is 0 Å². The molecule has 4 heterocycles. The molecular weight excluding hydrogens is 536 g/mol. The molecule has 11 heteroatoms. The molecule has 0 radical (unpaired) electrons. The quantitative estimate of drug-likeness (QED) is 0.248. The molecule has 3 N–H and O–H groups in total. The van der Waals surface area contributed by atoms with Crippen molar-refractivity contribution in [1.29, 1.82) is 0 Å². The van der Waals surface area contributed by atoms with Crippen molar-refractivity contribution >= 4 is 51.4 Å². The van der Waals surface area contributed by atoms with Crippen LogP contribution in [0.3, 0.4) is 0 Å². The van der Waals surface area contributed by atoms with E-state index in [0.717, 1.165) is 27.2 Å². The zero-order valence-corrected chi connectivity index (χ0v) is 23.0. The van der Waals surface area contributed by atoms with E-state index in [0.29, 0.717) is 56.0 Å². The van der Waals surface area contributed by atoms with Gasteiger partial charge in [0.05, 0.1) is 6.61 Å². The van der Waals surface area contributed by atoms with Gasteiger partial charge in [0.2, 0.25) is 11.8 Å². The Morgan fingerprint density at radius 3 is 2.69 bits per heavy atom. The Morgan fingerprint density at radius 2 is 1.90 bits per heavy atom. The van der Waals surface area contributed by atoms with Crippen LogP contribution in [0.5, 0.6) is 0 Å². The van der Waals surface area contributed by atoms with Crippen LogP contribution < -0.4 is 10.6 Å².